The van der Waals surface area contributed by atoms with Gasteiger partial charge in [0.15, 0.2) is 0 Å². The second-order valence-corrected chi connectivity index (χ2v) is 8.09. The third-order valence-corrected chi connectivity index (χ3v) is 5.80. The molecule has 5 heteroatoms. The van der Waals surface area contributed by atoms with Gasteiger partial charge in [-0.15, -0.1) is 0 Å². The van der Waals surface area contributed by atoms with Crippen molar-refractivity contribution < 1.29 is 4.74 Å². The maximum Gasteiger partial charge on any atom is 0.142 e. The standard InChI is InChI=1S/C13H20N2O.C11H16N2/c1-11-4-5-13(16-3)12(10-11)15-8-6-14(2)7-9-15;1-12-7-9-13(10-8-12)11-5-3-2-4-6-11/h4-5,10H,6-9H2,1-3H3;2-6H,7-10H2,1H3. The number of piperazine rings is 2. The zero-order valence-electron chi connectivity index (χ0n) is 18.5. The van der Waals surface area contributed by atoms with E-state index < -0.39 is 0 Å². The lowest BCUT2D eigenvalue weighted by Crippen LogP contribution is -2.44. The average molecular weight is 397 g/mol. The number of anilines is 2. The predicted octanol–water partition coefficient (Wildman–Crippen LogP) is 3.19. The lowest BCUT2D eigenvalue weighted by Gasteiger charge is -2.34. The van der Waals surface area contributed by atoms with Crippen LogP contribution in [0.4, 0.5) is 11.4 Å². The third kappa shape index (κ3) is 6.12. The van der Waals surface area contributed by atoms with Crippen molar-refractivity contribution in [1.82, 2.24) is 9.80 Å². The number of nitrogens with zero attached hydrogens (tertiary/aromatic N) is 4. The summed E-state index contributed by atoms with van der Waals surface area (Å²) in [5, 5.41) is 0. The van der Waals surface area contributed by atoms with E-state index in [0.717, 1.165) is 45.0 Å². The van der Waals surface area contributed by atoms with Crippen LogP contribution in [0, 0.1) is 6.92 Å². The second kappa shape index (κ2) is 10.5. The van der Waals surface area contributed by atoms with Crippen molar-refractivity contribution >= 4 is 11.4 Å². The minimum absolute atomic E-state index is 0.982. The molecule has 2 heterocycles. The van der Waals surface area contributed by atoms with Crippen LogP contribution in [0.25, 0.3) is 0 Å². The Morgan fingerprint density at radius 2 is 1.24 bits per heavy atom. The molecule has 5 nitrogen and oxygen atoms in total. The Kier molecular flexibility index (Phi) is 7.78. The van der Waals surface area contributed by atoms with Crippen molar-refractivity contribution in [3.8, 4) is 5.75 Å². The fraction of sp³-hybridized carbons (Fsp3) is 0.500. The van der Waals surface area contributed by atoms with Crippen molar-refractivity contribution in [3.05, 3.63) is 54.1 Å². The molecular weight excluding hydrogens is 360 g/mol. The number of likely N-dealkylation sites (N-methyl/N-ethyl adjacent to an activating group) is 2. The summed E-state index contributed by atoms with van der Waals surface area (Å²) in [5.74, 6) is 0.982. The highest BCUT2D eigenvalue weighted by molar-refractivity contribution is 5.60. The van der Waals surface area contributed by atoms with Gasteiger partial charge in [0.1, 0.15) is 5.75 Å². The molecular formula is C24H36N4O. The summed E-state index contributed by atoms with van der Waals surface area (Å²) in [6.07, 6.45) is 0. The van der Waals surface area contributed by atoms with Crippen LogP contribution in [0.1, 0.15) is 5.56 Å². The summed E-state index contributed by atoms with van der Waals surface area (Å²) in [7, 11) is 6.09. The zero-order chi connectivity index (χ0) is 20.6. The number of hydrogen-bond donors (Lipinski definition) is 0. The molecule has 2 aliphatic heterocycles. The van der Waals surface area contributed by atoms with Gasteiger partial charge < -0.3 is 24.3 Å². The average Bonchev–Trinajstić information content (AvgIpc) is 2.76. The molecule has 0 aromatic heterocycles. The molecule has 2 fully saturated rings. The van der Waals surface area contributed by atoms with E-state index in [1.54, 1.807) is 7.11 Å². The third-order valence-electron chi connectivity index (χ3n) is 5.80. The van der Waals surface area contributed by atoms with Gasteiger partial charge in [0.2, 0.25) is 0 Å². The number of methoxy groups -OCH3 is 1. The van der Waals surface area contributed by atoms with Crippen molar-refractivity contribution in [2.75, 3.05) is 83.4 Å². The number of rotatable bonds is 3. The zero-order valence-corrected chi connectivity index (χ0v) is 18.5. The normalized spacial score (nSPS) is 18.2. The summed E-state index contributed by atoms with van der Waals surface area (Å²) in [4.78, 5) is 9.59. The van der Waals surface area contributed by atoms with Gasteiger partial charge in [-0.05, 0) is 50.8 Å². The van der Waals surface area contributed by atoms with Gasteiger partial charge in [-0.1, -0.05) is 24.3 Å². The maximum atomic E-state index is 5.43. The molecule has 29 heavy (non-hydrogen) atoms. The molecule has 0 unspecified atom stereocenters. The summed E-state index contributed by atoms with van der Waals surface area (Å²) in [6, 6.07) is 17.0. The van der Waals surface area contributed by atoms with Crippen molar-refractivity contribution in [1.29, 1.82) is 0 Å². The summed E-state index contributed by atoms with van der Waals surface area (Å²) < 4.78 is 5.43. The van der Waals surface area contributed by atoms with Gasteiger partial charge in [0.05, 0.1) is 12.8 Å². The predicted molar refractivity (Wildman–Crippen MR) is 124 cm³/mol. The minimum Gasteiger partial charge on any atom is -0.495 e. The molecule has 2 aromatic rings. The van der Waals surface area contributed by atoms with Crippen LogP contribution >= 0.6 is 0 Å². The molecule has 0 radical (unpaired) electrons. The Morgan fingerprint density at radius 3 is 1.79 bits per heavy atom. The van der Waals surface area contributed by atoms with Gasteiger partial charge in [-0.3, -0.25) is 0 Å². The Hall–Kier alpha value is -2.24. The highest BCUT2D eigenvalue weighted by Gasteiger charge is 2.17. The first-order chi connectivity index (χ1) is 14.1. The van der Waals surface area contributed by atoms with E-state index in [1.165, 1.54) is 30.0 Å². The van der Waals surface area contributed by atoms with Crippen LogP contribution in [-0.4, -0.2) is 83.4 Å². The van der Waals surface area contributed by atoms with E-state index >= 15 is 0 Å². The number of hydrogen-bond acceptors (Lipinski definition) is 5. The molecule has 0 aliphatic carbocycles. The molecule has 0 amide bonds. The molecule has 0 bridgehead atoms. The fourth-order valence-electron chi connectivity index (χ4n) is 3.80. The number of para-hydroxylation sites is 1. The Bertz CT molecular complexity index is 736. The van der Waals surface area contributed by atoms with Crippen LogP contribution < -0.4 is 14.5 Å². The highest BCUT2D eigenvalue weighted by Crippen LogP contribution is 2.29. The molecule has 2 aromatic carbocycles. The summed E-state index contributed by atoms with van der Waals surface area (Å²) in [6.45, 7) is 11.2. The van der Waals surface area contributed by atoms with E-state index in [9.17, 15) is 0 Å². The monoisotopic (exact) mass is 396 g/mol. The van der Waals surface area contributed by atoms with Crippen LogP contribution in [0.15, 0.2) is 48.5 Å². The highest BCUT2D eigenvalue weighted by atomic mass is 16.5. The Labute approximate surface area is 176 Å². The molecule has 4 rings (SSSR count). The quantitative estimate of drug-likeness (QED) is 0.792. The van der Waals surface area contributed by atoms with Crippen molar-refractivity contribution in [3.63, 3.8) is 0 Å². The lowest BCUT2D eigenvalue weighted by molar-refractivity contribution is 0.311. The minimum atomic E-state index is 0.982. The van der Waals surface area contributed by atoms with Crippen molar-refractivity contribution in [2.45, 2.75) is 6.92 Å². The van der Waals surface area contributed by atoms with Gasteiger partial charge in [0, 0.05) is 58.0 Å². The van der Waals surface area contributed by atoms with Gasteiger partial charge in [-0.2, -0.15) is 0 Å². The number of benzene rings is 2. The van der Waals surface area contributed by atoms with E-state index in [4.69, 9.17) is 4.74 Å². The lowest BCUT2D eigenvalue weighted by atomic mass is 10.1. The SMILES string of the molecule is CN1CCN(c2ccccc2)CC1.COc1ccc(C)cc1N1CCN(C)CC1. The van der Waals surface area contributed by atoms with Crippen LogP contribution in [-0.2, 0) is 0 Å². The molecule has 0 spiro atoms. The number of ether oxygens (including phenoxy) is 1. The second-order valence-electron chi connectivity index (χ2n) is 8.09. The van der Waals surface area contributed by atoms with Crippen LogP contribution in [0.2, 0.25) is 0 Å². The van der Waals surface area contributed by atoms with Crippen LogP contribution in [0.5, 0.6) is 5.75 Å². The summed E-state index contributed by atoms with van der Waals surface area (Å²) in [5.41, 5.74) is 3.88. The van der Waals surface area contributed by atoms with E-state index in [2.05, 4.69) is 89.1 Å². The van der Waals surface area contributed by atoms with Crippen molar-refractivity contribution in [2.24, 2.45) is 0 Å². The van der Waals surface area contributed by atoms with Gasteiger partial charge >= 0.3 is 0 Å². The maximum absolute atomic E-state index is 5.43. The first-order valence-electron chi connectivity index (χ1n) is 10.6. The molecule has 158 valence electrons. The van der Waals surface area contributed by atoms with Crippen LogP contribution in [0.3, 0.4) is 0 Å². The Balaban J connectivity index is 0.000000169. The molecule has 0 N–H and O–H groups in total. The number of aryl methyl sites for hydroxylation is 1. The smallest absolute Gasteiger partial charge is 0.142 e. The largest absolute Gasteiger partial charge is 0.495 e. The molecule has 2 saturated heterocycles. The fourth-order valence-corrected chi connectivity index (χ4v) is 3.80. The van der Waals surface area contributed by atoms with Gasteiger partial charge in [0.25, 0.3) is 0 Å². The first-order valence-corrected chi connectivity index (χ1v) is 10.6. The topological polar surface area (TPSA) is 22.2 Å². The van der Waals surface area contributed by atoms with E-state index in [0.29, 0.717) is 0 Å². The van der Waals surface area contributed by atoms with E-state index in [-0.39, 0.29) is 0 Å². The first kappa shape index (κ1) is 21.5. The Morgan fingerprint density at radius 1 is 0.690 bits per heavy atom. The van der Waals surface area contributed by atoms with E-state index in [1.807, 2.05) is 0 Å². The molecule has 0 saturated carbocycles. The van der Waals surface area contributed by atoms with Gasteiger partial charge in [-0.25, -0.2) is 0 Å². The molecule has 2 aliphatic rings. The molecule has 0 atom stereocenters. The summed E-state index contributed by atoms with van der Waals surface area (Å²) >= 11 is 0.